The van der Waals surface area contributed by atoms with Gasteiger partial charge in [-0.25, -0.2) is 27.5 Å². The van der Waals surface area contributed by atoms with E-state index in [0.29, 0.717) is 24.7 Å². The van der Waals surface area contributed by atoms with Gasteiger partial charge in [0, 0.05) is 60.9 Å². The quantitative estimate of drug-likeness (QED) is 0.109. The number of piperazine rings is 1. The van der Waals surface area contributed by atoms with Gasteiger partial charge in [-0.15, -0.1) is 5.10 Å². The Morgan fingerprint density at radius 2 is 1.45 bits per heavy atom. The molecule has 0 spiro atoms. The van der Waals surface area contributed by atoms with E-state index in [2.05, 4.69) is 35.4 Å². The van der Waals surface area contributed by atoms with E-state index in [1.807, 2.05) is 92.7 Å². The predicted molar refractivity (Wildman–Crippen MR) is 224 cm³/mol. The monoisotopic (exact) mass is 848 g/mol. The number of nitrogens with zero attached hydrogens (tertiary/aromatic N) is 10. The Morgan fingerprint density at radius 3 is 2.05 bits per heavy atom. The molecule has 3 aromatic heterocycles. The third-order valence-electron chi connectivity index (χ3n) is 11.4. The van der Waals surface area contributed by atoms with E-state index in [9.17, 15) is 18.7 Å². The number of rotatable bonds is 15. The fourth-order valence-electron chi connectivity index (χ4n) is 7.88. The predicted octanol–water partition coefficient (Wildman–Crippen LogP) is 6.92. The van der Waals surface area contributed by atoms with E-state index in [-0.39, 0.29) is 17.8 Å². The molecule has 1 unspecified atom stereocenters. The highest BCUT2D eigenvalue weighted by molar-refractivity contribution is 5.66. The summed E-state index contributed by atoms with van der Waals surface area (Å²) in [5.74, 6) is -6.51. The largest absolute Gasteiger partial charge is 0.377 e. The summed E-state index contributed by atoms with van der Waals surface area (Å²) in [5.41, 5.74) is -0.0285. The molecule has 4 heterocycles. The second-order valence-corrected chi connectivity index (χ2v) is 15.2. The molecule has 0 amide bonds. The van der Waals surface area contributed by atoms with Crippen molar-refractivity contribution < 1.29 is 27.4 Å². The summed E-state index contributed by atoms with van der Waals surface area (Å²) in [6.45, 7) is 6.53. The highest BCUT2D eigenvalue weighted by Gasteiger charge is 2.58. The number of anilines is 2. The van der Waals surface area contributed by atoms with Gasteiger partial charge in [-0.05, 0) is 89.5 Å². The first kappa shape index (κ1) is 42.0. The molecule has 1 aliphatic heterocycles. The number of pyridine rings is 1. The summed E-state index contributed by atoms with van der Waals surface area (Å²) in [4.78, 5) is 22.1. The van der Waals surface area contributed by atoms with Crippen molar-refractivity contribution >= 4 is 11.4 Å². The standard InChI is InChI=1S/C45H44F4N10O3/c1-3-41(31(2)62-27-32-7-5-4-6-8-32)59-43(60)58(30-52-59)38-17-15-37(16-18-38)56-23-21-55(22-24-56)36-13-9-33(10-14-36)34-11-20-42(50-26-34)45(48,49)44(61,28-57-29-51-53-54-57)39-19-12-35(46)25-40(39)47/h4-20,25-26,29-31,41,61H,3,21-24,27-28H2,1-2H3/t31-,41-,44?/m0/s1. The lowest BCUT2D eigenvalue weighted by molar-refractivity contribution is -0.207. The molecule has 1 saturated heterocycles. The molecule has 7 aromatic rings. The summed E-state index contributed by atoms with van der Waals surface area (Å²) >= 11 is 0. The summed E-state index contributed by atoms with van der Waals surface area (Å²) in [5, 5.41) is 26.3. The van der Waals surface area contributed by atoms with Crippen molar-refractivity contribution in [3.8, 4) is 16.8 Å². The highest BCUT2D eigenvalue weighted by atomic mass is 19.3. The van der Waals surface area contributed by atoms with Gasteiger partial charge in [-0.3, -0.25) is 4.98 Å². The van der Waals surface area contributed by atoms with Crippen molar-refractivity contribution in [1.82, 2.24) is 39.5 Å². The zero-order valence-corrected chi connectivity index (χ0v) is 34.0. The fraction of sp³-hybridized carbons (Fsp3) is 0.289. The molecule has 17 heteroatoms. The van der Waals surface area contributed by atoms with Crippen LogP contribution in [0.1, 0.15) is 43.1 Å². The molecule has 1 N–H and O–H groups in total. The number of benzene rings is 4. The summed E-state index contributed by atoms with van der Waals surface area (Å²) in [7, 11) is 0. The molecule has 1 fully saturated rings. The number of alkyl halides is 2. The van der Waals surface area contributed by atoms with Crippen LogP contribution < -0.4 is 15.5 Å². The van der Waals surface area contributed by atoms with Crippen LogP contribution in [0, 0.1) is 11.6 Å². The lowest BCUT2D eigenvalue weighted by atomic mass is 9.84. The molecule has 4 aromatic carbocycles. The number of aliphatic hydroxyl groups is 1. The Morgan fingerprint density at radius 1 is 0.806 bits per heavy atom. The Labute approximate surface area is 354 Å². The van der Waals surface area contributed by atoms with Crippen molar-refractivity contribution in [3.05, 3.63) is 167 Å². The van der Waals surface area contributed by atoms with Crippen LogP contribution in [0.3, 0.4) is 0 Å². The Balaban J connectivity index is 0.886. The average molecular weight is 849 g/mol. The Kier molecular flexibility index (Phi) is 12.0. The van der Waals surface area contributed by atoms with Gasteiger partial charge in [0.15, 0.2) is 5.60 Å². The molecule has 0 saturated carbocycles. The number of hydrogen-bond donors (Lipinski definition) is 1. The van der Waals surface area contributed by atoms with Gasteiger partial charge in [0.05, 0.1) is 31.0 Å². The Bertz CT molecular complexity index is 2620. The minimum atomic E-state index is -4.16. The molecule has 0 radical (unpaired) electrons. The minimum Gasteiger partial charge on any atom is -0.377 e. The maximum atomic E-state index is 16.2. The zero-order chi connectivity index (χ0) is 43.4. The molecule has 3 atom stereocenters. The van der Waals surface area contributed by atoms with Crippen LogP contribution in [-0.2, 0) is 29.4 Å². The van der Waals surface area contributed by atoms with Crippen LogP contribution >= 0.6 is 0 Å². The number of tetrazole rings is 1. The van der Waals surface area contributed by atoms with Crippen molar-refractivity contribution in [3.63, 3.8) is 0 Å². The zero-order valence-electron chi connectivity index (χ0n) is 34.0. The van der Waals surface area contributed by atoms with Crippen LogP contribution in [0.15, 0.2) is 133 Å². The number of ether oxygens (including phenoxy) is 1. The topological polar surface area (TPSA) is 132 Å². The molecule has 1 aliphatic rings. The second-order valence-electron chi connectivity index (χ2n) is 15.2. The first-order valence-corrected chi connectivity index (χ1v) is 20.2. The molecule has 320 valence electrons. The van der Waals surface area contributed by atoms with Gasteiger partial charge in [0.2, 0.25) is 0 Å². The lowest BCUT2D eigenvalue weighted by Crippen LogP contribution is -2.48. The van der Waals surface area contributed by atoms with Crippen LogP contribution in [0.25, 0.3) is 16.8 Å². The van der Waals surface area contributed by atoms with Gasteiger partial charge < -0.3 is 19.6 Å². The van der Waals surface area contributed by atoms with E-state index in [4.69, 9.17) is 4.74 Å². The average Bonchev–Trinajstić information content (AvgIpc) is 3.95. The van der Waals surface area contributed by atoms with Crippen LogP contribution in [0.2, 0.25) is 0 Å². The number of aromatic nitrogens is 8. The van der Waals surface area contributed by atoms with Gasteiger partial charge >= 0.3 is 11.6 Å². The van der Waals surface area contributed by atoms with E-state index in [1.165, 1.54) is 16.9 Å². The summed E-state index contributed by atoms with van der Waals surface area (Å²) in [6, 6.07) is 29.7. The van der Waals surface area contributed by atoms with E-state index in [0.717, 1.165) is 83.6 Å². The SMILES string of the molecule is CC[C@@H]([C@H](C)OCc1ccccc1)n1ncn(-c2ccc(N3CCN(c4ccc(-c5ccc(C(F)(F)C(O)(Cn6cnnn6)c6ccc(F)cc6F)nc5)cc4)CC3)cc2)c1=O. The lowest BCUT2D eigenvalue weighted by Gasteiger charge is -2.37. The molecular formula is C45H44F4N10O3. The van der Waals surface area contributed by atoms with E-state index >= 15 is 8.78 Å². The van der Waals surface area contributed by atoms with Crippen LogP contribution in [-0.4, -0.2) is 76.9 Å². The maximum absolute atomic E-state index is 16.2. The van der Waals surface area contributed by atoms with Crippen LogP contribution in [0.5, 0.6) is 0 Å². The molecular weight excluding hydrogens is 805 g/mol. The second kappa shape index (κ2) is 17.7. The Hall–Kier alpha value is -6.72. The summed E-state index contributed by atoms with van der Waals surface area (Å²) in [6.07, 6.45) is 4.27. The third kappa shape index (κ3) is 8.45. The first-order valence-electron chi connectivity index (χ1n) is 20.2. The number of halogens is 4. The van der Waals surface area contributed by atoms with E-state index < -0.39 is 41.0 Å². The smallest absolute Gasteiger partial charge is 0.350 e. The molecule has 0 aliphatic carbocycles. The van der Waals surface area contributed by atoms with Crippen molar-refractivity contribution in [2.45, 2.75) is 57.1 Å². The van der Waals surface area contributed by atoms with Gasteiger partial charge in [-0.1, -0.05) is 55.5 Å². The minimum absolute atomic E-state index is 0.223. The maximum Gasteiger partial charge on any atom is 0.350 e. The first-order chi connectivity index (χ1) is 29.9. The normalized spacial score (nSPS) is 15.3. The van der Waals surface area contributed by atoms with Crippen LogP contribution in [0.4, 0.5) is 28.9 Å². The van der Waals surface area contributed by atoms with Crippen molar-refractivity contribution in [2.24, 2.45) is 0 Å². The molecule has 62 heavy (non-hydrogen) atoms. The summed E-state index contributed by atoms with van der Waals surface area (Å²) < 4.78 is 71.1. The third-order valence-corrected chi connectivity index (χ3v) is 11.4. The van der Waals surface area contributed by atoms with Crippen molar-refractivity contribution in [1.29, 1.82) is 0 Å². The van der Waals surface area contributed by atoms with Crippen molar-refractivity contribution in [2.75, 3.05) is 36.0 Å². The highest BCUT2D eigenvalue weighted by Crippen LogP contribution is 2.47. The van der Waals surface area contributed by atoms with Gasteiger partial charge in [0.1, 0.15) is 30.0 Å². The molecule has 13 nitrogen and oxygen atoms in total. The molecule has 8 rings (SSSR count). The van der Waals surface area contributed by atoms with Gasteiger partial charge in [0.25, 0.3) is 0 Å². The van der Waals surface area contributed by atoms with Gasteiger partial charge in [-0.2, -0.15) is 13.9 Å². The number of hydrogen-bond acceptors (Lipinski definition) is 10. The van der Waals surface area contributed by atoms with E-state index in [1.54, 1.807) is 10.9 Å². The molecule has 0 bridgehead atoms. The fourth-order valence-corrected chi connectivity index (χ4v) is 7.88.